The minimum Gasteiger partial charge on any atom is -0.249 e. The van der Waals surface area contributed by atoms with Crippen molar-refractivity contribution >= 4 is 0 Å². The topological polar surface area (TPSA) is 77.4 Å². The van der Waals surface area contributed by atoms with E-state index in [2.05, 4.69) is 23.6 Å². The standard InChI is InChI=1S/C16H34O6/c1-5-9-11-13(7-3)15(19-17)21-22-16(20-18)14(8-4)12-10-6-2/h13-18H,5-12H2,1-4H3. The van der Waals surface area contributed by atoms with Gasteiger partial charge in [-0.1, -0.05) is 53.4 Å². The van der Waals surface area contributed by atoms with E-state index in [1.807, 2.05) is 13.8 Å². The molecule has 4 atom stereocenters. The molecule has 0 aromatic rings. The fraction of sp³-hybridized carbons (Fsp3) is 1.00. The fourth-order valence-corrected chi connectivity index (χ4v) is 2.47. The van der Waals surface area contributed by atoms with Gasteiger partial charge in [0.15, 0.2) is 0 Å². The molecule has 134 valence electrons. The zero-order valence-electron chi connectivity index (χ0n) is 14.5. The van der Waals surface area contributed by atoms with E-state index < -0.39 is 12.6 Å². The van der Waals surface area contributed by atoms with Crippen LogP contribution in [0.1, 0.15) is 79.1 Å². The summed E-state index contributed by atoms with van der Waals surface area (Å²) in [4.78, 5) is 19.2. The summed E-state index contributed by atoms with van der Waals surface area (Å²) in [5.41, 5.74) is 0. The van der Waals surface area contributed by atoms with Crippen molar-refractivity contribution in [3.63, 3.8) is 0 Å². The van der Waals surface area contributed by atoms with Crippen molar-refractivity contribution in [3.05, 3.63) is 0 Å². The molecule has 0 aromatic carbocycles. The van der Waals surface area contributed by atoms with Gasteiger partial charge < -0.3 is 0 Å². The third kappa shape index (κ3) is 8.41. The maximum atomic E-state index is 9.04. The van der Waals surface area contributed by atoms with Gasteiger partial charge in [0.25, 0.3) is 0 Å². The van der Waals surface area contributed by atoms with Crippen LogP contribution in [0.4, 0.5) is 0 Å². The highest BCUT2D eigenvalue weighted by atomic mass is 17.3. The monoisotopic (exact) mass is 322 g/mol. The van der Waals surface area contributed by atoms with Crippen molar-refractivity contribution < 1.29 is 30.1 Å². The van der Waals surface area contributed by atoms with E-state index in [-0.39, 0.29) is 11.8 Å². The first-order chi connectivity index (χ1) is 10.7. The summed E-state index contributed by atoms with van der Waals surface area (Å²) >= 11 is 0. The normalized spacial score (nSPS) is 17.2. The highest BCUT2D eigenvalue weighted by Gasteiger charge is 2.28. The molecular formula is C16H34O6. The molecule has 2 N–H and O–H groups in total. The maximum Gasteiger partial charge on any atom is 0.227 e. The van der Waals surface area contributed by atoms with Crippen molar-refractivity contribution in [2.75, 3.05) is 0 Å². The van der Waals surface area contributed by atoms with Crippen molar-refractivity contribution in [1.29, 1.82) is 0 Å². The molecule has 6 heteroatoms. The van der Waals surface area contributed by atoms with E-state index in [1.165, 1.54) is 0 Å². The Bertz CT molecular complexity index is 215. The molecule has 0 aliphatic rings. The molecule has 6 nitrogen and oxygen atoms in total. The Morgan fingerprint density at radius 3 is 1.27 bits per heavy atom. The first-order valence-corrected chi connectivity index (χ1v) is 8.60. The van der Waals surface area contributed by atoms with Gasteiger partial charge in [0.05, 0.1) is 0 Å². The molecule has 0 aromatic heterocycles. The first kappa shape index (κ1) is 21.8. The molecule has 0 aliphatic carbocycles. The highest BCUT2D eigenvalue weighted by Crippen LogP contribution is 2.24. The van der Waals surface area contributed by atoms with Crippen LogP contribution in [-0.4, -0.2) is 23.1 Å². The Morgan fingerprint density at radius 2 is 1.05 bits per heavy atom. The van der Waals surface area contributed by atoms with Crippen LogP contribution >= 0.6 is 0 Å². The van der Waals surface area contributed by atoms with E-state index in [0.29, 0.717) is 0 Å². The predicted molar refractivity (Wildman–Crippen MR) is 83.8 cm³/mol. The summed E-state index contributed by atoms with van der Waals surface area (Å²) in [5.74, 6) is 0.0556. The van der Waals surface area contributed by atoms with Crippen LogP contribution in [0, 0.1) is 11.8 Å². The summed E-state index contributed by atoms with van der Waals surface area (Å²) in [6.07, 6.45) is 5.76. The largest absolute Gasteiger partial charge is 0.249 e. The summed E-state index contributed by atoms with van der Waals surface area (Å²) < 4.78 is 0. The second-order valence-electron chi connectivity index (χ2n) is 5.76. The zero-order valence-corrected chi connectivity index (χ0v) is 14.5. The van der Waals surface area contributed by atoms with Gasteiger partial charge in [0.1, 0.15) is 0 Å². The average molecular weight is 322 g/mol. The number of rotatable bonds is 15. The SMILES string of the molecule is CCCCC(CC)C(OO)OOC(OO)C(CC)CCCC. The van der Waals surface area contributed by atoms with Gasteiger partial charge in [-0.2, -0.15) is 9.78 Å². The molecule has 0 bridgehead atoms. The Hall–Kier alpha value is -0.240. The van der Waals surface area contributed by atoms with Crippen LogP contribution < -0.4 is 0 Å². The second kappa shape index (κ2) is 14.4. The molecule has 0 amide bonds. The van der Waals surface area contributed by atoms with Crippen LogP contribution in [-0.2, 0) is 19.6 Å². The smallest absolute Gasteiger partial charge is 0.227 e. The van der Waals surface area contributed by atoms with Crippen molar-refractivity contribution in [3.8, 4) is 0 Å². The number of unbranched alkanes of at least 4 members (excludes halogenated alkanes) is 2. The van der Waals surface area contributed by atoms with Gasteiger partial charge in [-0.3, -0.25) is 0 Å². The Morgan fingerprint density at radius 1 is 0.682 bits per heavy atom. The van der Waals surface area contributed by atoms with Crippen LogP contribution in [0.25, 0.3) is 0 Å². The Kier molecular flexibility index (Phi) is 14.2. The molecule has 0 spiro atoms. The second-order valence-corrected chi connectivity index (χ2v) is 5.76. The van der Waals surface area contributed by atoms with Gasteiger partial charge in [0.2, 0.25) is 12.6 Å². The molecule has 0 aliphatic heterocycles. The summed E-state index contributed by atoms with van der Waals surface area (Å²) in [5, 5.41) is 18.1. The van der Waals surface area contributed by atoms with Crippen LogP contribution in [0.3, 0.4) is 0 Å². The minimum atomic E-state index is -0.877. The van der Waals surface area contributed by atoms with E-state index in [4.69, 9.17) is 20.3 Å². The molecule has 0 radical (unpaired) electrons. The molecule has 0 saturated carbocycles. The molecule has 0 saturated heterocycles. The lowest BCUT2D eigenvalue weighted by molar-refractivity contribution is -0.522. The van der Waals surface area contributed by atoms with Gasteiger partial charge in [-0.05, 0) is 25.7 Å². The lowest BCUT2D eigenvalue weighted by Gasteiger charge is -2.26. The van der Waals surface area contributed by atoms with Gasteiger partial charge in [0, 0.05) is 11.8 Å². The zero-order chi connectivity index (χ0) is 16.8. The summed E-state index contributed by atoms with van der Waals surface area (Å²) in [6, 6.07) is 0. The lowest BCUT2D eigenvalue weighted by atomic mass is 9.99. The Labute approximate surface area is 134 Å². The third-order valence-electron chi connectivity index (χ3n) is 4.13. The molecule has 0 heterocycles. The molecule has 0 rings (SSSR count). The fourth-order valence-electron chi connectivity index (χ4n) is 2.47. The van der Waals surface area contributed by atoms with E-state index >= 15 is 0 Å². The lowest BCUT2D eigenvalue weighted by Crippen LogP contribution is -2.32. The number of hydrogen-bond donors (Lipinski definition) is 2. The van der Waals surface area contributed by atoms with Crippen molar-refractivity contribution in [1.82, 2.24) is 0 Å². The van der Waals surface area contributed by atoms with Crippen LogP contribution in [0.2, 0.25) is 0 Å². The third-order valence-corrected chi connectivity index (χ3v) is 4.13. The van der Waals surface area contributed by atoms with E-state index in [9.17, 15) is 0 Å². The van der Waals surface area contributed by atoms with Crippen LogP contribution in [0.5, 0.6) is 0 Å². The van der Waals surface area contributed by atoms with Gasteiger partial charge in [-0.25, -0.2) is 20.3 Å². The van der Waals surface area contributed by atoms with Crippen molar-refractivity contribution in [2.24, 2.45) is 11.8 Å². The summed E-state index contributed by atoms with van der Waals surface area (Å²) in [7, 11) is 0. The van der Waals surface area contributed by atoms with Crippen molar-refractivity contribution in [2.45, 2.75) is 91.6 Å². The maximum absolute atomic E-state index is 9.04. The molecule has 4 unspecified atom stereocenters. The van der Waals surface area contributed by atoms with Gasteiger partial charge in [-0.15, -0.1) is 0 Å². The number of hydrogen-bond acceptors (Lipinski definition) is 6. The Balaban J connectivity index is 4.46. The van der Waals surface area contributed by atoms with Gasteiger partial charge >= 0.3 is 0 Å². The summed E-state index contributed by atoms with van der Waals surface area (Å²) in [6.45, 7) is 8.22. The van der Waals surface area contributed by atoms with E-state index in [0.717, 1.165) is 51.4 Å². The van der Waals surface area contributed by atoms with Crippen LogP contribution in [0.15, 0.2) is 0 Å². The minimum absolute atomic E-state index is 0.0278. The first-order valence-electron chi connectivity index (χ1n) is 8.60. The van der Waals surface area contributed by atoms with E-state index in [1.54, 1.807) is 0 Å². The molecule has 0 fully saturated rings. The quantitative estimate of drug-likeness (QED) is 0.251. The molecular weight excluding hydrogens is 288 g/mol. The predicted octanol–water partition coefficient (Wildman–Crippen LogP) is 5.00. The highest BCUT2D eigenvalue weighted by molar-refractivity contribution is 4.62. The molecule has 22 heavy (non-hydrogen) atoms. The average Bonchev–Trinajstić information content (AvgIpc) is 2.55.